The van der Waals surface area contributed by atoms with E-state index >= 15 is 0 Å². The van der Waals surface area contributed by atoms with Crippen molar-refractivity contribution in [3.8, 4) is 11.1 Å². The summed E-state index contributed by atoms with van der Waals surface area (Å²) in [6, 6.07) is 21.9. The normalized spacial score (nSPS) is 17.9. The minimum atomic E-state index is -0.645. The number of fused-ring (bicyclic) bond motifs is 1. The van der Waals surface area contributed by atoms with E-state index in [-0.39, 0.29) is 55.7 Å². The summed E-state index contributed by atoms with van der Waals surface area (Å²) in [7, 11) is 0. The number of hydrogen-bond donors (Lipinski definition) is 2. The molecule has 0 amide bonds. The number of benzene rings is 3. The Bertz CT molecular complexity index is 1500. The molecule has 250 valence electrons. The molecule has 8 nitrogen and oxygen atoms in total. The number of allylic oxidation sites excluding steroid dienone is 2. The lowest BCUT2D eigenvalue weighted by Crippen LogP contribution is -2.34. The Morgan fingerprint density at radius 3 is 1.87 bits per heavy atom. The Kier molecular flexibility index (Phi) is 13.9. The van der Waals surface area contributed by atoms with E-state index in [1.807, 2.05) is 6.92 Å². The van der Waals surface area contributed by atoms with Crippen molar-refractivity contribution >= 4 is 22.7 Å². The maximum atomic E-state index is 11.8. The van der Waals surface area contributed by atoms with Crippen LogP contribution in [0.15, 0.2) is 97.1 Å². The minimum absolute atomic E-state index is 0.00333. The second-order valence-electron chi connectivity index (χ2n) is 11.8. The molecule has 1 aliphatic carbocycles. The highest BCUT2D eigenvalue weighted by Gasteiger charge is 2.31. The van der Waals surface area contributed by atoms with Gasteiger partial charge in [0.25, 0.3) is 0 Å². The zero-order valence-electron chi connectivity index (χ0n) is 27.2. The Balaban J connectivity index is 1.40. The summed E-state index contributed by atoms with van der Waals surface area (Å²) in [4.78, 5) is 23.6. The van der Waals surface area contributed by atoms with E-state index < -0.39 is 25.2 Å². The maximum absolute atomic E-state index is 11.8. The van der Waals surface area contributed by atoms with Gasteiger partial charge in [-0.25, -0.2) is 9.59 Å². The van der Waals surface area contributed by atoms with E-state index in [1.54, 1.807) is 0 Å². The number of carbonyl (C=O) groups excluding carboxylic acids is 2. The van der Waals surface area contributed by atoms with Gasteiger partial charge in [0.15, 0.2) is 0 Å². The third-order valence-corrected chi connectivity index (χ3v) is 8.38. The van der Waals surface area contributed by atoms with Gasteiger partial charge in [-0.05, 0) is 84.0 Å². The van der Waals surface area contributed by atoms with Crippen molar-refractivity contribution in [2.45, 2.75) is 57.2 Å². The van der Waals surface area contributed by atoms with Crippen molar-refractivity contribution in [2.75, 3.05) is 39.6 Å². The predicted octanol–water partition coefficient (Wildman–Crippen LogP) is 6.24. The fourth-order valence-electron chi connectivity index (χ4n) is 5.79. The molecule has 0 aromatic heterocycles. The quantitative estimate of drug-likeness (QED) is 0.0771. The first-order valence-electron chi connectivity index (χ1n) is 16.2. The zero-order chi connectivity index (χ0) is 33.6. The van der Waals surface area contributed by atoms with Gasteiger partial charge in [0, 0.05) is 0 Å². The third kappa shape index (κ3) is 10.7. The van der Waals surface area contributed by atoms with E-state index in [0.29, 0.717) is 6.42 Å². The average molecular weight is 643 g/mol. The molecule has 0 heterocycles. The molecule has 0 aliphatic heterocycles. The van der Waals surface area contributed by atoms with Crippen molar-refractivity contribution < 1.29 is 38.7 Å². The number of aliphatic hydroxyl groups excluding tert-OH is 2. The Morgan fingerprint density at radius 1 is 0.745 bits per heavy atom. The third-order valence-electron chi connectivity index (χ3n) is 8.38. The van der Waals surface area contributed by atoms with Crippen LogP contribution in [0.3, 0.4) is 0 Å². The highest BCUT2D eigenvalue weighted by molar-refractivity contribution is 5.89. The van der Waals surface area contributed by atoms with E-state index in [4.69, 9.17) is 29.2 Å². The summed E-state index contributed by atoms with van der Waals surface area (Å²) < 4.78 is 22.5. The van der Waals surface area contributed by atoms with Gasteiger partial charge in [-0.2, -0.15) is 0 Å². The molecule has 1 aliphatic rings. The fraction of sp³-hybridized carbons (Fsp3) is 0.385. The molecule has 2 atom stereocenters. The van der Waals surface area contributed by atoms with Crippen LogP contribution in [0.2, 0.25) is 0 Å². The molecule has 2 unspecified atom stereocenters. The van der Waals surface area contributed by atoms with Crippen LogP contribution in [-0.4, -0.2) is 74.0 Å². The molecule has 0 saturated heterocycles. The summed E-state index contributed by atoms with van der Waals surface area (Å²) in [6.45, 7) is 8.60. The lowest BCUT2D eigenvalue weighted by molar-refractivity contribution is -0.143. The van der Waals surface area contributed by atoms with Gasteiger partial charge in [0.1, 0.15) is 13.2 Å². The van der Waals surface area contributed by atoms with Crippen molar-refractivity contribution in [2.24, 2.45) is 0 Å². The highest BCUT2D eigenvalue weighted by atomic mass is 16.6. The van der Waals surface area contributed by atoms with Crippen LogP contribution < -0.4 is 0 Å². The molecule has 2 N–H and O–H groups in total. The van der Waals surface area contributed by atoms with Gasteiger partial charge in [0.2, 0.25) is 0 Å². The summed E-state index contributed by atoms with van der Waals surface area (Å²) in [5.41, 5.74) is 4.81. The number of hydrogen-bond acceptors (Lipinski definition) is 8. The van der Waals surface area contributed by atoms with Crippen molar-refractivity contribution in [1.29, 1.82) is 0 Å². The van der Waals surface area contributed by atoms with E-state index in [0.717, 1.165) is 36.8 Å². The van der Waals surface area contributed by atoms with Gasteiger partial charge in [-0.15, -0.1) is 0 Å². The molecule has 1 saturated carbocycles. The zero-order valence-corrected chi connectivity index (χ0v) is 27.2. The van der Waals surface area contributed by atoms with Gasteiger partial charge in [-0.1, -0.05) is 79.9 Å². The average Bonchev–Trinajstić information content (AvgIpc) is 3.10. The number of aliphatic hydroxyl groups is 2. The largest absolute Gasteiger partial charge is 0.460 e. The number of carbonyl (C=O) groups is 2. The summed E-state index contributed by atoms with van der Waals surface area (Å²) in [6.07, 6.45) is 8.26. The summed E-state index contributed by atoms with van der Waals surface area (Å²) in [5.74, 6) is -1.12. The maximum Gasteiger partial charge on any atom is 0.335 e. The molecule has 8 heteroatoms. The topological polar surface area (TPSA) is 112 Å². The number of esters is 2. The molecular weight excluding hydrogens is 596 g/mol. The van der Waals surface area contributed by atoms with Gasteiger partial charge >= 0.3 is 11.9 Å². The standard InChI is InChI=1S/C39H46O8/c1-4-5-6-7-29-8-9-34-21-33(15-14-32(34)20-29)30-10-12-31(13-11-30)35-22-36(44-16-18-46-38(42)27(2)25-40)24-37(23-35)45-17-19-47-39(43)28(3)26-41/h4-5,8-15,20-21,35-37,40-41H,2-3,6-7,16-19,22-26H2,1H3/b5-4+. The monoisotopic (exact) mass is 642 g/mol. The molecule has 47 heavy (non-hydrogen) atoms. The lowest BCUT2D eigenvalue weighted by atomic mass is 9.80. The Morgan fingerprint density at radius 2 is 1.30 bits per heavy atom. The molecule has 3 aromatic rings. The first-order chi connectivity index (χ1) is 22.8. The van der Waals surface area contributed by atoms with Crippen LogP contribution in [0.1, 0.15) is 49.7 Å². The molecule has 0 bridgehead atoms. The van der Waals surface area contributed by atoms with Gasteiger partial charge < -0.3 is 29.2 Å². The van der Waals surface area contributed by atoms with E-state index in [1.165, 1.54) is 21.9 Å². The number of aryl methyl sites for hydroxylation is 1. The highest BCUT2D eigenvalue weighted by Crippen LogP contribution is 2.37. The van der Waals surface area contributed by atoms with E-state index in [2.05, 4.69) is 86.0 Å². The minimum Gasteiger partial charge on any atom is -0.460 e. The van der Waals surface area contributed by atoms with Crippen LogP contribution >= 0.6 is 0 Å². The van der Waals surface area contributed by atoms with Gasteiger partial charge in [-0.3, -0.25) is 0 Å². The Labute approximate surface area is 277 Å². The predicted molar refractivity (Wildman–Crippen MR) is 183 cm³/mol. The molecule has 4 rings (SSSR count). The molecule has 0 radical (unpaired) electrons. The van der Waals surface area contributed by atoms with Crippen LogP contribution in [0.4, 0.5) is 0 Å². The SMILES string of the molecule is C=C(CO)C(=O)OCCOC1CC(OCCOC(=O)C(=C)CO)CC(c2ccc(-c3ccc4cc(CC/C=C/C)ccc4c3)cc2)C1. The second-order valence-corrected chi connectivity index (χ2v) is 11.8. The number of ether oxygens (including phenoxy) is 4. The van der Waals surface area contributed by atoms with Crippen molar-refractivity contribution in [3.63, 3.8) is 0 Å². The fourth-order valence-corrected chi connectivity index (χ4v) is 5.79. The molecule has 3 aromatic carbocycles. The van der Waals surface area contributed by atoms with Gasteiger partial charge in [0.05, 0.1) is 49.8 Å². The first-order valence-corrected chi connectivity index (χ1v) is 16.2. The van der Waals surface area contributed by atoms with E-state index in [9.17, 15) is 9.59 Å². The summed E-state index contributed by atoms with van der Waals surface area (Å²) >= 11 is 0. The van der Waals surface area contributed by atoms with Crippen LogP contribution in [0.25, 0.3) is 21.9 Å². The van der Waals surface area contributed by atoms with Crippen LogP contribution in [-0.2, 0) is 35.0 Å². The summed E-state index contributed by atoms with van der Waals surface area (Å²) in [5, 5.41) is 20.6. The molecular formula is C39H46O8. The number of rotatable bonds is 17. The lowest BCUT2D eigenvalue weighted by Gasteiger charge is -2.35. The smallest absolute Gasteiger partial charge is 0.335 e. The molecule has 1 fully saturated rings. The molecule has 0 spiro atoms. The Hall–Kier alpha value is -4.08. The first kappa shape index (κ1) is 35.8. The van der Waals surface area contributed by atoms with Crippen molar-refractivity contribution in [1.82, 2.24) is 0 Å². The van der Waals surface area contributed by atoms with Crippen LogP contribution in [0, 0.1) is 0 Å². The second kappa shape index (κ2) is 18.3. The van der Waals surface area contributed by atoms with Crippen molar-refractivity contribution in [3.05, 3.63) is 108 Å². The van der Waals surface area contributed by atoms with Crippen LogP contribution in [0.5, 0.6) is 0 Å².